The molecule has 6 nitrogen and oxygen atoms in total. The number of methoxy groups -OCH3 is 1. The molecule has 0 radical (unpaired) electrons. The van der Waals surface area contributed by atoms with Crippen LogP contribution < -0.4 is 0 Å². The second-order valence-corrected chi connectivity index (χ2v) is 4.13. The maximum absolute atomic E-state index is 11.4. The topological polar surface area (TPSA) is 85.2 Å². The Labute approximate surface area is 100 Å². The molecule has 6 heteroatoms. The van der Waals surface area contributed by atoms with E-state index in [0.717, 1.165) is 0 Å². The molecule has 0 unspecified atom stereocenters. The highest BCUT2D eigenvalue weighted by molar-refractivity contribution is 5.69. The SMILES string of the molecule is CCCC(=O)O[C@H]1[C@H](O)[C@H](OC)O[C@@H](C)[C@H]1O. The lowest BCUT2D eigenvalue weighted by atomic mass is 9.99. The Bertz CT molecular complexity index is 256. The molecule has 5 atom stereocenters. The van der Waals surface area contributed by atoms with Crippen molar-refractivity contribution in [2.45, 2.75) is 57.4 Å². The fourth-order valence-electron chi connectivity index (χ4n) is 1.75. The van der Waals surface area contributed by atoms with Gasteiger partial charge in [0.15, 0.2) is 12.4 Å². The largest absolute Gasteiger partial charge is 0.456 e. The summed E-state index contributed by atoms with van der Waals surface area (Å²) in [4.78, 5) is 11.4. The third-order valence-corrected chi connectivity index (χ3v) is 2.74. The maximum atomic E-state index is 11.4. The van der Waals surface area contributed by atoms with Gasteiger partial charge in [0.05, 0.1) is 6.10 Å². The van der Waals surface area contributed by atoms with E-state index in [9.17, 15) is 15.0 Å². The van der Waals surface area contributed by atoms with Crippen molar-refractivity contribution in [3.05, 3.63) is 0 Å². The van der Waals surface area contributed by atoms with Crippen LogP contribution in [0.2, 0.25) is 0 Å². The number of rotatable bonds is 4. The van der Waals surface area contributed by atoms with Crippen molar-refractivity contribution in [1.82, 2.24) is 0 Å². The molecular weight excluding hydrogens is 228 g/mol. The molecule has 1 fully saturated rings. The van der Waals surface area contributed by atoms with Gasteiger partial charge < -0.3 is 24.4 Å². The smallest absolute Gasteiger partial charge is 0.306 e. The van der Waals surface area contributed by atoms with Crippen molar-refractivity contribution in [3.8, 4) is 0 Å². The van der Waals surface area contributed by atoms with E-state index in [1.165, 1.54) is 7.11 Å². The van der Waals surface area contributed by atoms with Crippen molar-refractivity contribution in [2.75, 3.05) is 7.11 Å². The van der Waals surface area contributed by atoms with Crippen LogP contribution >= 0.6 is 0 Å². The highest BCUT2D eigenvalue weighted by atomic mass is 16.7. The molecule has 17 heavy (non-hydrogen) atoms. The minimum atomic E-state index is -1.19. The molecule has 1 rings (SSSR count). The molecule has 1 aliphatic heterocycles. The van der Waals surface area contributed by atoms with Crippen LogP contribution in [0, 0.1) is 0 Å². The van der Waals surface area contributed by atoms with Gasteiger partial charge in [0, 0.05) is 13.5 Å². The van der Waals surface area contributed by atoms with Gasteiger partial charge in [-0.05, 0) is 13.3 Å². The lowest BCUT2D eigenvalue weighted by Gasteiger charge is -2.40. The molecule has 2 N–H and O–H groups in total. The van der Waals surface area contributed by atoms with E-state index in [4.69, 9.17) is 14.2 Å². The highest BCUT2D eigenvalue weighted by Gasteiger charge is 2.45. The van der Waals surface area contributed by atoms with Crippen molar-refractivity contribution >= 4 is 5.97 Å². The minimum absolute atomic E-state index is 0.253. The van der Waals surface area contributed by atoms with Crippen LogP contribution in [0.4, 0.5) is 0 Å². The van der Waals surface area contributed by atoms with Crippen molar-refractivity contribution in [2.24, 2.45) is 0 Å². The molecule has 0 spiro atoms. The number of hydrogen-bond donors (Lipinski definition) is 2. The Morgan fingerprint density at radius 1 is 1.35 bits per heavy atom. The zero-order chi connectivity index (χ0) is 13.0. The van der Waals surface area contributed by atoms with Gasteiger partial charge in [-0.2, -0.15) is 0 Å². The molecule has 0 aliphatic carbocycles. The Morgan fingerprint density at radius 3 is 2.53 bits per heavy atom. The fraction of sp³-hybridized carbons (Fsp3) is 0.909. The number of carbonyl (C=O) groups is 1. The normalized spacial score (nSPS) is 37.8. The third kappa shape index (κ3) is 3.38. The second-order valence-electron chi connectivity index (χ2n) is 4.13. The summed E-state index contributed by atoms with van der Waals surface area (Å²) >= 11 is 0. The Hall–Kier alpha value is -0.690. The van der Waals surface area contributed by atoms with Gasteiger partial charge in [-0.1, -0.05) is 6.92 Å². The van der Waals surface area contributed by atoms with E-state index >= 15 is 0 Å². The predicted molar refractivity (Wildman–Crippen MR) is 58.1 cm³/mol. The number of carbonyl (C=O) groups excluding carboxylic acids is 1. The van der Waals surface area contributed by atoms with E-state index in [-0.39, 0.29) is 6.42 Å². The summed E-state index contributed by atoms with van der Waals surface area (Å²) < 4.78 is 15.2. The zero-order valence-corrected chi connectivity index (χ0v) is 10.3. The highest BCUT2D eigenvalue weighted by Crippen LogP contribution is 2.24. The molecule has 0 aromatic rings. The number of hydrogen-bond acceptors (Lipinski definition) is 6. The molecule has 1 saturated heterocycles. The Morgan fingerprint density at radius 2 is 2.00 bits per heavy atom. The van der Waals surface area contributed by atoms with Crippen LogP contribution in [-0.2, 0) is 19.0 Å². The Balaban J connectivity index is 2.68. The lowest BCUT2D eigenvalue weighted by Crippen LogP contribution is -2.58. The van der Waals surface area contributed by atoms with Crippen molar-refractivity contribution in [3.63, 3.8) is 0 Å². The number of esters is 1. The first-order chi connectivity index (χ1) is 8.01. The predicted octanol–water partition coefficient (Wildman–Crippen LogP) is -0.189. The monoisotopic (exact) mass is 248 g/mol. The molecule has 1 heterocycles. The first-order valence-electron chi connectivity index (χ1n) is 5.75. The standard InChI is InChI=1S/C11H20O6/c1-4-5-7(12)17-10-8(13)6(2)16-11(15-3)9(10)14/h6,8-11,13-14H,4-5H2,1-3H3/t6-,8+,9-,10+,11+/m0/s1. The molecule has 1 aliphatic rings. The van der Waals surface area contributed by atoms with E-state index in [1.807, 2.05) is 6.92 Å². The van der Waals surface area contributed by atoms with E-state index in [2.05, 4.69) is 0 Å². The first kappa shape index (κ1) is 14.4. The van der Waals surface area contributed by atoms with E-state index in [1.54, 1.807) is 6.92 Å². The Kier molecular flexibility index (Phi) is 5.32. The summed E-state index contributed by atoms with van der Waals surface area (Å²) in [5, 5.41) is 19.7. The summed E-state index contributed by atoms with van der Waals surface area (Å²) in [7, 11) is 1.38. The number of aliphatic hydroxyl groups is 2. The molecular formula is C11H20O6. The lowest BCUT2D eigenvalue weighted by molar-refractivity contribution is -0.289. The van der Waals surface area contributed by atoms with Crippen LogP contribution in [0.25, 0.3) is 0 Å². The summed E-state index contributed by atoms with van der Waals surface area (Å²) in [6.07, 6.45) is -3.82. The average Bonchev–Trinajstić information content (AvgIpc) is 2.29. The number of ether oxygens (including phenoxy) is 3. The molecule has 100 valence electrons. The summed E-state index contributed by atoms with van der Waals surface area (Å²) in [6, 6.07) is 0. The third-order valence-electron chi connectivity index (χ3n) is 2.74. The average molecular weight is 248 g/mol. The van der Waals surface area contributed by atoms with E-state index < -0.39 is 36.7 Å². The summed E-state index contributed by atoms with van der Waals surface area (Å²) in [5.74, 6) is -0.445. The number of aliphatic hydroxyl groups excluding tert-OH is 2. The van der Waals surface area contributed by atoms with Crippen molar-refractivity contribution in [1.29, 1.82) is 0 Å². The van der Waals surface area contributed by atoms with Crippen LogP contribution in [0.1, 0.15) is 26.7 Å². The van der Waals surface area contributed by atoms with E-state index in [0.29, 0.717) is 6.42 Å². The zero-order valence-electron chi connectivity index (χ0n) is 10.3. The molecule has 0 bridgehead atoms. The van der Waals surface area contributed by atoms with Crippen LogP contribution in [0.5, 0.6) is 0 Å². The first-order valence-corrected chi connectivity index (χ1v) is 5.75. The molecule has 0 saturated carbocycles. The van der Waals surface area contributed by atoms with Gasteiger partial charge in [-0.25, -0.2) is 0 Å². The van der Waals surface area contributed by atoms with Gasteiger partial charge in [0.25, 0.3) is 0 Å². The molecule has 0 aromatic carbocycles. The second kappa shape index (κ2) is 6.30. The minimum Gasteiger partial charge on any atom is -0.456 e. The van der Waals surface area contributed by atoms with Gasteiger partial charge in [0.1, 0.15) is 12.2 Å². The molecule has 0 aromatic heterocycles. The fourth-order valence-corrected chi connectivity index (χ4v) is 1.75. The maximum Gasteiger partial charge on any atom is 0.306 e. The van der Waals surface area contributed by atoms with Gasteiger partial charge in [-0.15, -0.1) is 0 Å². The van der Waals surface area contributed by atoms with Crippen molar-refractivity contribution < 1.29 is 29.2 Å². The van der Waals surface area contributed by atoms with Gasteiger partial charge >= 0.3 is 5.97 Å². The van der Waals surface area contributed by atoms with Gasteiger partial charge in [-0.3, -0.25) is 4.79 Å². The molecule has 0 amide bonds. The van der Waals surface area contributed by atoms with Gasteiger partial charge in [0.2, 0.25) is 0 Å². The van der Waals surface area contributed by atoms with Crippen LogP contribution in [0.3, 0.4) is 0 Å². The van der Waals surface area contributed by atoms with Crippen LogP contribution in [0.15, 0.2) is 0 Å². The van der Waals surface area contributed by atoms with Crippen LogP contribution in [-0.4, -0.2) is 54.0 Å². The summed E-state index contributed by atoms with van der Waals surface area (Å²) in [5.41, 5.74) is 0. The quantitative estimate of drug-likeness (QED) is 0.671. The summed E-state index contributed by atoms with van der Waals surface area (Å²) in [6.45, 7) is 3.47.